The van der Waals surface area contributed by atoms with Crippen molar-refractivity contribution < 1.29 is 9.18 Å². The van der Waals surface area contributed by atoms with Crippen LogP contribution in [0.2, 0.25) is 5.02 Å². The van der Waals surface area contributed by atoms with E-state index in [0.717, 1.165) is 10.6 Å². The highest BCUT2D eigenvalue weighted by Gasteiger charge is 2.25. The molecule has 4 rings (SSSR count). The molecule has 0 aliphatic carbocycles. The Labute approximate surface area is 165 Å². The number of rotatable bonds is 3. The maximum absolute atomic E-state index is 13.9. The first-order valence-electron chi connectivity index (χ1n) is 8.62. The number of thiazole rings is 1. The summed E-state index contributed by atoms with van der Waals surface area (Å²) >= 11 is 7.36. The van der Waals surface area contributed by atoms with Crippen LogP contribution in [-0.4, -0.2) is 42.0 Å². The monoisotopic (exact) mass is 401 g/mol. The number of halogens is 2. The molecule has 1 aliphatic heterocycles. The van der Waals surface area contributed by atoms with Gasteiger partial charge < -0.3 is 9.80 Å². The van der Waals surface area contributed by atoms with Gasteiger partial charge >= 0.3 is 0 Å². The van der Waals surface area contributed by atoms with Crippen LogP contribution in [0, 0.1) is 5.82 Å². The maximum Gasteiger partial charge on any atom is 0.273 e. The van der Waals surface area contributed by atoms with Gasteiger partial charge in [0, 0.05) is 42.1 Å². The van der Waals surface area contributed by atoms with Gasteiger partial charge in [-0.3, -0.25) is 4.79 Å². The molecule has 0 saturated carbocycles. The molecule has 1 aliphatic rings. The van der Waals surface area contributed by atoms with Crippen molar-refractivity contribution in [3.63, 3.8) is 0 Å². The minimum atomic E-state index is -0.232. The van der Waals surface area contributed by atoms with Crippen LogP contribution < -0.4 is 4.90 Å². The van der Waals surface area contributed by atoms with E-state index in [9.17, 15) is 9.18 Å². The van der Waals surface area contributed by atoms with E-state index in [4.69, 9.17) is 11.6 Å². The molecule has 27 heavy (non-hydrogen) atoms. The molecular weight excluding hydrogens is 385 g/mol. The van der Waals surface area contributed by atoms with E-state index in [1.165, 1.54) is 17.4 Å². The van der Waals surface area contributed by atoms with E-state index in [1.54, 1.807) is 22.4 Å². The number of amides is 1. The number of anilines is 1. The summed E-state index contributed by atoms with van der Waals surface area (Å²) in [6.45, 7) is 2.28. The van der Waals surface area contributed by atoms with E-state index >= 15 is 0 Å². The van der Waals surface area contributed by atoms with Gasteiger partial charge in [-0.05, 0) is 24.3 Å². The minimum absolute atomic E-state index is 0.0837. The fourth-order valence-corrected chi connectivity index (χ4v) is 4.04. The molecule has 7 heteroatoms. The van der Waals surface area contributed by atoms with Crippen molar-refractivity contribution in [1.29, 1.82) is 0 Å². The van der Waals surface area contributed by atoms with Crippen molar-refractivity contribution >= 4 is 34.5 Å². The standard InChI is InChI=1S/C20H17ClFN3OS/c21-15-7-5-14(6-8-15)19-23-17(13-27-19)20(26)25-11-9-24(10-12-25)18-4-2-1-3-16(18)22/h1-8,13H,9-12H2. The summed E-state index contributed by atoms with van der Waals surface area (Å²) in [4.78, 5) is 21.0. The number of piperazine rings is 1. The normalized spacial score (nSPS) is 14.4. The van der Waals surface area contributed by atoms with E-state index in [-0.39, 0.29) is 11.7 Å². The quantitative estimate of drug-likeness (QED) is 0.645. The molecule has 1 aromatic heterocycles. The minimum Gasteiger partial charge on any atom is -0.366 e. The molecule has 1 amide bonds. The summed E-state index contributed by atoms with van der Waals surface area (Å²) in [6.07, 6.45) is 0. The second-order valence-corrected chi connectivity index (χ2v) is 7.57. The second kappa shape index (κ2) is 7.66. The van der Waals surface area contributed by atoms with Gasteiger partial charge in [-0.2, -0.15) is 0 Å². The topological polar surface area (TPSA) is 36.4 Å². The molecule has 3 aromatic rings. The molecule has 0 unspecified atom stereocenters. The van der Waals surface area contributed by atoms with Crippen LogP contribution in [0.15, 0.2) is 53.9 Å². The Morgan fingerprint density at radius 2 is 1.74 bits per heavy atom. The molecule has 4 nitrogen and oxygen atoms in total. The molecular formula is C20H17ClFN3OS. The summed E-state index contributed by atoms with van der Waals surface area (Å²) in [5.74, 6) is -0.316. The summed E-state index contributed by atoms with van der Waals surface area (Å²) in [5, 5.41) is 3.24. The number of hydrogen-bond donors (Lipinski definition) is 0. The molecule has 138 valence electrons. The summed E-state index contributed by atoms with van der Waals surface area (Å²) in [7, 11) is 0. The lowest BCUT2D eigenvalue weighted by atomic mass is 10.2. The summed E-state index contributed by atoms with van der Waals surface area (Å²) < 4.78 is 13.9. The van der Waals surface area contributed by atoms with E-state index in [1.807, 2.05) is 35.2 Å². The second-order valence-electron chi connectivity index (χ2n) is 6.28. The van der Waals surface area contributed by atoms with Gasteiger partial charge in [-0.1, -0.05) is 35.9 Å². The average molecular weight is 402 g/mol. The lowest BCUT2D eigenvalue weighted by Gasteiger charge is -2.35. The van der Waals surface area contributed by atoms with Crippen LogP contribution in [0.5, 0.6) is 0 Å². The van der Waals surface area contributed by atoms with Crippen LogP contribution in [0.4, 0.5) is 10.1 Å². The van der Waals surface area contributed by atoms with Crippen molar-refractivity contribution in [2.45, 2.75) is 0 Å². The first-order valence-corrected chi connectivity index (χ1v) is 9.88. The third kappa shape index (κ3) is 3.82. The molecule has 0 N–H and O–H groups in total. The van der Waals surface area contributed by atoms with Gasteiger partial charge in [0.15, 0.2) is 0 Å². The lowest BCUT2D eigenvalue weighted by molar-refractivity contribution is 0.0741. The third-order valence-corrected chi connectivity index (χ3v) is 5.72. The van der Waals surface area contributed by atoms with Gasteiger partial charge in [0.05, 0.1) is 5.69 Å². The molecule has 1 saturated heterocycles. The number of benzene rings is 2. The van der Waals surface area contributed by atoms with Gasteiger partial charge in [0.2, 0.25) is 0 Å². The number of aromatic nitrogens is 1. The van der Waals surface area contributed by atoms with Gasteiger partial charge in [0.1, 0.15) is 16.5 Å². The first-order chi connectivity index (χ1) is 13.1. The largest absolute Gasteiger partial charge is 0.366 e. The van der Waals surface area contributed by atoms with Crippen molar-refractivity contribution in [2.24, 2.45) is 0 Å². The molecule has 0 bridgehead atoms. The maximum atomic E-state index is 13.9. The Morgan fingerprint density at radius 1 is 1.04 bits per heavy atom. The van der Waals surface area contributed by atoms with Crippen LogP contribution >= 0.6 is 22.9 Å². The van der Waals surface area contributed by atoms with Crippen LogP contribution in [0.1, 0.15) is 10.5 Å². The van der Waals surface area contributed by atoms with E-state index in [2.05, 4.69) is 4.98 Å². The van der Waals surface area contributed by atoms with Gasteiger partial charge in [-0.25, -0.2) is 9.37 Å². The zero-order valence-electron chi connectivity index (χ0n) is 14.4. The predicted octanol–water partition coefficient (Wildman–Crippen LogP) is 4.57. The van der Waals surface area contributed by atoms with Crippen molar-refractivity contribution in [3.05, 3.63) is 70.4 Å². The zero-order valence-corrected chi connectivity index (χ0v) is 16.0. The number of nitrogens with zero attached hydrogens (tertiary/aromatic N) is 3. The van der Waals surface area contributed by atoms with Crippen LogP contribution in [0.25, 0.3) is 10.6 Å². The Hall–Kier alpha value is -2.44. The van der Waals surface area contributed by atoms with Crippen LogP contribution in [0.3, 0.4) is 0 Å². The molecule has 0 atom stereocenters. The SMILES string of the molecule is O=C(c1csc(-c2ccc(Cl)cc2)n1)N1CCN(c2ccccc2F)CC1. The van der Waals surface area contributed by atoms with E-state index < -0.39 is 0 Å². The van der Waals surface area contributed by atoms with Gasteiger partial charge in [-0.15, -0.1) is 11.3 Å². The summed E-state index contributed by atoms with van der Waals surface area (Å²) in [6, 6.07) is 14.1. The molecule has 2 aromatic carbocycles. The smallest absolute Gasteiger partial charge is 0.273 e. The Bertz CT molecular complexity index is 952. The number of carbonyl (C=O) groups excluding carboxylic acids is 1. The van der Waals surface area contributed by atoms with Crippen LogP contribution in [-0.2, 0) is 0 Å². The molecule has 0 spiro atoms. The van der Waals surface area contributed by atoms with Crippen molar-refractivity contribution in [2.75, 3.05) is 31.1 Å². The highest BCUT2D eigenvalue weighted by atomic mass is 35.5. The van der Waals surface area contributed by atoms with E-state index in [0.29, 0.717) is 42.6 Å². The zero-order chi connectivity index (χ0) is 18.8. The third-order valence-electron chi connectivity index (χ3n) is 4.57. The Morgan fingerprint density at radius 3 is 2.44 bits per heavy atom. The van der Waals surface area contributed by atoms with Crippen molar-refractivity contribution in [3.8, 4) is 10.6 Å². The average Bonchev–Trinajstić information content (AvgIpc) is 3.19. The highest BCUT2D eigenvalue weighted by Crippen LogP contribution is 2.26. The van der Waals surface area contributed by atoms with Gasteiger partial charge in [0.25, 0.3) is 5.91 Å². The molecule has 0 radical (unpaired) electrons. The first kappa shape index (κ1) is 17.9. The molecule has 1 fully saturated rings. The fourth-order valence-electron chi connectivity index (χ4n) is 3.12. The lowest BCUT2D eigenvalue weighted by Crippen LogP contribution is -2.49. The number of hydrogen-bond acceptors (Lipinski definition) is 4. The Kier molecular flexibility index (Phi) is 5.09. The fraction of sp³-hybridized carbons (Fsp3) is 0.200. The number of carbonyl (C=O) groups is 1. The predicted molar refractivity (Wildman–Crippen MR) is 107 cm³/mol. The van der Waals surface area contributed by atoms with Crippen molar-refractivity contribution in [1.82, 2.24) is 9.88 Å². The highest BCUT2D eigenvalue weighted by molar-refractivity contribution is 7.13. The Balaban J connectivity index is 1.43. The summed E-state index contributed by atoms with van der Waals surface area (Å²) in [5.41, 5.74) is 1.97. The molecule has 2 heterocycles. The number of para-hydroxylation sites is 1.